The van der Waals surface area contributed by atoms with Gasteiger partial charge in [0.05, 0.1) is 75.4 Å². The van der Waals surface area contributed by atoms with E-state index in [1.54, 1.807) is 13.2 Å². The number of carbonyl (C=O) groups excluding carboxylic acids is 1. The van der Waals surface area contributed by atoms with E-state index in [9.17, 15) is 4.79 Å². The predicted molar refractivity (Wildman–Crippen MR) is 403 cm³/mol. The summed E-state index contributed by atoms with van der Waals surface area (Å²) in [7, 11) is 1.81. The zero-order valence-electron chi connectivity index (χ0n) is 57.2. The molecule has 0 saturated carbocycles. The van der Waals surface area contributed by atoms with Gasteiger partial charge in [-0.25, -0.2) is 0 Å². The minimum Gasteiger partial charge on any atom is -0.504 e. The monoisotopic (exact) mass is 1300 g/mol. The Morgan fingerprint density at radius 1 is 0.382 bits per heavy atom. The van der Waals surface area contributed by atoms with Crippen molar-refractivity contribution in [1.82, 2.24) is 17.9 Å². The molecule has 494 valence electrons. The molecule has 0 radical (unpaired) electrons. The zero-order chi connectivity index (χ0) is 62.4. The van der Waals surface area contributed by atoms with Crippen LogP contribution >= 0.6 is 57.1 Å². The predicted octanol–water partition coefficient (Wildman–Crippen LogP) is 28.1. The molecule has 11 heteroatoms. The third-order valence-electron chi connectivity index (χ3n) is 19.9. The summed E-state index contributed by atoms with van der Waals surface area (Å²) in [6.45, 7) is 16.1. The van der Waals surface area contributed by atoms with Crippen molar-refractivity contribution in [2.24, 2.45) is 11.8 Å². The number of ether oxygens (including phenoxy) is 1. The number of hydrogen-bond acceptors (Lipinski definition) is 9. The largest absolute Gasteiger partial charge is 0.504 e. The van der Waals surface area contributed by atoms with Crippen molar-refractivity contribution >= 4 is 148 Å². The highest BCUT2D eigenvalue weighted by atomic mass is 32.1. The van der Waals surface area contributed by atoms with Crippen LogP contribution in [0, 0.1) is 11.8 Å². The van der Waals surface area contributed by atoms with Gasteiger partial charge in [0.2, 0.25) is 0 Å². The van der Waals surface area contributed by atoms with E-state index in [2.05, 4.69) is 85.5 Å². The van der Waals surface area contributed by atoms with Crippen molar-refractivity contribution in [2.45, 2.75) is 337 Å². The van der Waals surface area contributed by atoms with Crippen LogP contribution < -0.4 is 0 Å². The Morgan fingerprint density at radius 3 is 1.06 bits per heavy atom. The van der Waals surface area contributed by atoms with Gasteiger partial charge in [0.1, 0.15) is 17.3 Å². The first kappa shape index (κ1) is 71.8. The van der Waals surface area contributed by atoms with Crippen molar-refractivity contribution < 1.29 is 9.53 Å². The first-order valence-electron chi connectivity index (χ1n) is 37.3. The summed E-state index contributed by atoms with van der Waals surface area (Å²) in [5.74, 6) is 1.16. The van der Waals surface area contributed by atoms with Gasteiger partial charge in [0, 0.05) is 33.6 Å². The van der Waals surface area contributed by atoms with Crippen LogP contribution in [0.4, 0.5) is 0 Å². The number of allylic oxidation sites excluding steroid dienone is 1. The molecule has 0 bridgehead atoms. The number of thiophene rings is 4. The lowest BCUT2D eigenvalue weighted by Gasteiger charge is -2.22. The van der Waals surface area contributed by atoms with Gasteiger partial charge in [-0.1, -0.05) is 273 Å². The standard InChI is InChI=1S/C78H120N4O2S5/c1-8-14-20-26-30-32-34-38-44-51-61-63(53-46-55-83)85-77-71-75(87-73(61)77)65-67-68(80-89-79-67)66-70(69(65)81(71)57-59(47-40-24-18-12-5)49-42-36-28-22-16-10-3)82(58-60(48-41-25-19-13-6)50-43-37-29-23-17-11-4)72-76(66)88-74-62(64(54-56-84-7)86-78(72)74)52-45-39-35-33-31-27-21-15-9-2/h46,53-56,59-60H,8-45,47-52,57-58H2,1-7H3/b53-46+,56-54+. The number of aryl methyl sites for hydroxylation is 2. The summed E-state index contributed by atoms with van der Waals surface area (Å²) in [4.78, 5) is 14.9. The average Bonchev–Trinajstić information content (AvgIpc) is 1.52. The summed E-state index contributed by atoms with van der Waals surface area (Å²) < 4.78 is 31.3. The molecule has 0 fully saturated rings. The summed E-state index contributed by atoms with van der Waals surface area (Å²) >= 11 is 9.59. The SMILES string of the molecule is CCCCCCCCCCCc1c(/C=C/C=O)sc2c1sc1c3c4nsnc4c4c5sc6c(CCCCCCCCCCC)c(/C=C/OC)sc6c5n(CC(CCCCCC)CCCCCCCC)c4c3n(CC(CCCCCC)CCCCCCCC)c21. The molecule has 0 aliphatic heterocycles. The summed E-state index contributed by atoms with van der Waals surface area (Å²) in [5.41, 5.74) is 11.0. The van der Waals surface area contributed by atoms with Crippen LogP contribution in [0.5, 0.6) is 0 Å². The lowest BCUT2D eigenvalue weighted by molar-refractivity contribution is -0.104. The van der Waals surface area contributed by atoms with E-state index >= 15 is 0 Å². The number of fused-ring (bicyclic) bond motifs is 14. The van der Waals surface area contributed by atoms with Crippen molar-refractivity contribution in [3.63, 3.8) is 0 Å². The fourth-order valence-electron chi connectivity index (χ4n) is 14.9. The van der Waals surface area contributed by atoms with Gasteiger partial charge >= 0.3 is 0 Å². The lowest BCUT2D eigenvalue weighted by Crippen LogP contribution is -2.14. The molecule has 0 amide bonds. The number of rotatable bonds is 52. The van der Waals surface area contributed by atoms with E-state index in [1.807, 2.05) is 28.9 Å². The molecule has 0 N–H and O–H groups in total. The molecule has 0 aliphatic carbocycles. The van der Waals surface area contributed by atoms with Gasteiger partial charge in [-0.2, -0.15) is 8.75 Å². The number of benzene rings is 1. The molecule has 0 aliphatic rings. The molecule has 2 unspecified atom stereocenters. The highest BCUT2D eigenvalue weighted by Crippen LogP contribution is 2.55. The van der Waals surface area contributed by atoms with Gasteiger partial charge in [-0.3, -0.25) is 4.79 Å². The smallest absolute Gasteiger partial charge is 0.142 e. The number of methoxy groups -OCH3 is 1. The molecule has 1 aromatic carbocycles. The third-order valence-corrected chi connectivity index (χ3v) is 25.6. The van der Waals surface area contributed by atoms with Gasteiger partial charge in [-0.05, 0) is 92.6 Å². The van der Waals surface area contributed by atoms with E-state index in [-0.39, 0.29) is 0 Å². The lowest BCUT2D eigenvalue weighted by atomic mass is 9.93. The molecule has 8 aromatic rings. The highest BCUT2D eigenvalue weighted by Gasteiger charge is 2.33. The molecule has 7 aromatic heterocycles. The van der Waals surface area contributed by atoms with Crippen LogP contribution in [0.2, 0.25) is 0 Å². The zero-order valence-corrected chi connectivity index (χ0v) is 61.3. The molecular weight excluding hydrogens is 1190 g/mol. The summed E-state index contributed by atoms with van der Waals surface area (Å²) in [6.07, 6.45) is 66.8. The second-order valence-corrected chi connectivity index (χ2v) is 31.8. The highest BCUT2D eigenvalue weighted by molar-refractivity contribution is 7.34. The van der Waals surface area contributed by atoms with E-state index in [0.29, 0.717) is 11.8 Å². The van der Waals surface area contributed by atoms with Crippen molar-refractivity contribution in [3.8, 4) is 0 Å². The Kier molecular flexibility index (Phi) is 32.4. The molecular formula is C78H120N4O2S5. The van der Waals surface area contributed by atoms with Crippen LogP contribution in [0.1, 0.15) is 332 Å². The second kappa shape index (κ2) is 40.2. The first-order valence-corrected chi connectivity index (χ1v) is 41.3. The van der Waals surface area contributed by atoms with E-state index < -0.39 is 0 Å². The molecule has 0 saturated heterocycles. The van der Waals surface area contributed by atoms with E-state index in [1.165, 1.54) is 363 Å². The minimum atomic E-state index is 0.577. The maximum atomic E-state index is 12.2. The average molecular weight is 1310 g/mol. The molecule has 7 heterocycles. The number of nitrogens with zero attached hydrogens (tertiary/aromatic N) is 4. The first-order chi connectivity index (χ1) is 44.0. The normalized spacial score (nSPS) is 13.2. The fourth-order valence-corrected chi connectivity index (χ4v) is 21.3. The van der Waals surface area contributed by atoms with Crippen molar-refractivity contribution in [3.05, 3.63) is 33.2 Å². The topological polar surface area (TPSA) is 61.9 Å². The van der Waals surface area contributed by atoms with Gasteiger partial charge in [0.25, 0.3) is 0 Å². The molecule has 89 heavy (non-hydrogen) atoms. The Hall–Kier alpha value is -3.09. The number of aldehydes is 1. The summed E-state index contributed by atoms with van der Waals surface area (Å²) in [6, 6.07) is 0. The molecule has 8 rings (SSSR count). The maximum absolute atomic E-state index is 12.2. The van der Waals surface area contributed by atoms with Crippen LogP contribution in [0.25, 0.3) is 84.2 Å². The number of unbranched alkanes of at least 4 members (excludes halogenated alkanes) is 32. The maximum Gasteiger partial charge on any atom is 0.142 e. The Labute approximate surface area is 560 Å². The number of carbonyl (C=O) groups is 1. The molecule has 0 spiro atoms. The molecule has 6 nitrogen and oxygen atoms in total. The van der Waals surface area contributed by atoms with Gasteiger partial charge in [-0.15, -0.1) is 45.3 Å². The minimum absolute atomic E-state index is 0.577. The number of aromatic nitrogens is 4. The van der Waals surface area contributed by atoms with Crippen LogP contribution in [-0.4, -0.2) is 31.3 Å². The Balaban J connectivity index is 1.37. The quantitative estimate of drug-likeness (QED) is 0.0165. The van der Waals surface area contributed by atoms with Crippen molar-refractivity contribution in [1.29, 1.82) is 0 Å². The van der Waals surface area contributed by atoms with Gasteiger partial charge in [0.15, 0.2) is 0 Å². The fraction of sp³-hybridized carbons (Fsp3) is 0.705. The molecule has 2 atom stereocenters. The number of hydrogen-bond donors (Lipinski definition) is 0. The van der Waals surface area contributed by atoms with E-state index in [4.69, 9.17) is 13.5 Å². The Bertz CT molecular complexity index is 3350. The van der Waals surface area contributed by atoms with Gasteiger partial charge < -0.3 is 13.9 Å². The van der Waals surface area contributed by atoms with Crippen LogP contribution in [0.3, 0.4) is 0 Å². The van der Waals surface area contributed by atoms with E-state index in [0.717, 1.165) is 43.3 Å². The third kappa shape index (κ3) is 19.5. The van der Waals surface area contributed by atoms with Crippen molar-refractivity contribution in [2.75, 3.05) is 7.11 Å². The second-order valence-electron chi connectivity index (χ2n) is 27.1. The summed E-state index contributed by atoms with van der Waals surface area (Å²) in [5, 5.41) is 2.72. The Morgan fingerprint density at radius 2 is 0.708 bits per heavy atom. The van der Waals surface area contributed by atoms with Crippen LogP contribution in [0.15, 0.2) is 12.3 Å². The van der Waals surface area contributed by atoms with Crippen LogP contribution in [-0.2, 0) is 35.5 Å².